The van der Waals surface area contributed by atoms with Crippen molar-refractivity contribution in [2.75, 3.05) is 6.61 Å². The van der Waals surface area contributed by atoms with Crippen molar-refractivity contribution < 1.29 is 14.3 Å². The predicted molar refractivity (Wildman–Crippen MR) is 44.7 cm³/mol. The Labute approximate surface area is 72.2 Å². The smallest absolute Gasteiger partial charge is 0.413 e. The van der Waals surface area contributed by atoms with E-state index in [0.717, 1.165) is 12.6 Å². The maximum atomic E-state index is 10.7. The Morgan fingerprint density at radius 3 is 2.67 bits per heavy atom. The van der Waals surface area contributed by atoms with Gasteiger partial charge < -0.3 is 10.3 Å². The maximum absolute atomic E-state index is 10.7. The van der Waals surface area contributed by atoms with Crippen molar-refractivity contribution in [1.29, 1.82) is 0 Å². The molecule has 0 rings (SSSR count). The van der Waals surface area contributed by atoms with E-state index in [-0.39, 0.29) is 5.41 Å². The number of rotatable bonds is 4. The van der Waals surface area contributed by atoms with Crippen LogP contribution in [-0.2, 0) is 9.53 Å². The molecule has 0 aliphatic heterocycles. The molecule has 68 valence electrons. The largest absolute Gasteiger partial charge is 0.457 e. The molecule has 0 heterocycles. The minimum atomic E-state index is -0.612. The van der Waals surface area contributed by atoms with Crippen LogP contribution in [0.5, 0.6) is 0 Å². The van der Waals surface area contributed by atoms with Crippen molar-refractivity contribution in [2.24, 2.45) is 5.41 Å². The predicted octanol–water partition coefficient (Wildman–Crippen LogP) is 1.27. The molecule has 0 fully saturated rings. The molecule has 0 atom stereocenters. The van der Waals surface area contributed by atoms with Gasteiger partial charge in [-0.3, -0.25) is 0 Å². The third-order valence-corrected chi connectivity index (χ3v) is 1.73. The van der Waals surface area contributed by atoms with Gasteiger partial charge in [0.2, 0.25) is 0 Å². The Bertz CT molecular complexity index is 205. The molecule has 0 aliphatic carbocycles. The van der Waals surface area contributed by atoms with Gasteiger partial charge in [-0.2, -0.15) is 4.79 Å². The zero-order valence-electron chi connectivity index (χ0n) is 7.70. The van der Waals surface area contributed by atoms with Gasteiger partial charge in [-0.1, -0.05) is 20.8 Å². The minimum Gasteiger partial charge on any atom is -0.457 e. The second-order valence-corrected chi connectivity index (χ2v) is 3.37. The lowest BCUT2D eigenvalue weighted by Gasteiger charge is -2.20. The molecule has 12 heavy (non-hydrogen) atoms. The molecule has 4 heteroatoms. The van der Waals surface area contributed by atoms with Gasteiger partial charge in [-0.25, -0.2) is 4.79 Å². The number of hydrogen-bond acceptors (Lipinski definition) is 2. The van der Waals surface area contributed by atoms with Crippen LogP contribution in [0.1, 0.15) is 27.2 Å². The molecule has 0 amide bonds. The van der Waals surface area contributed by atoms with Gasteiger partial charge in [0, 0.05) is 0 Å². The number of carbonyl (C=O) groups is 1. The van der Waals surface area contributed by atoms with E-state index < -0.39 is 5.97 Å². The fraction of sp³-hybridized carbons (Fsp3) is 0.750. The van der Waals surface area contributed by atoms with Crippen LogP contribution in [0.2, 0.25) is 0 Å². The molecule has 0 saturated carbocycles. The van der Waals surface area contributed by atoms with E-state index in [1.807, 2.05) is 20.8 Å². The number of carbonyl (C=O) groups excluding carboxylic acids is 1. The highest BCUT2D eigenvalue weighted by Crippen LogP contribution is 2.19. The third kappa shape index (κ3) is 4.63. The van der Waals surface area contributed by atoms with Crippen molar-refractivity contribution in [1.82, 2.24) is 0 Å². The second kappa shape index (κ2) is 4.67. The zero-order valence-corrected chi connectivity index (χ0v) is 7.70. The van der Waals surface area contributed by atoms with Crippen LogP contribution in [-0.4, -0.2) is 23.6 Å². The summed E-state index contributed by atoms with van der Waals surface area (Å²) in [5.74, 6) is -0.612. The number of ether oxygens (including phenoxy) is 1. The summed E-state index contributed by atoms with van der Waals surface area (Å²) < 4.78 is 4.79. The lowest BCUT2D eigenvalue weighted by Crippen LogP contribution is -2.21. The zero-order chi connectivity index (χ0) is 9.61. The first-order chi connectivity index (χ1) is 5.52. The summed E-state index contributed by atoms with van der Waals surface area (Å²) in [7, 11) is 0. The second-order valence-electron chi connectivity index (χ2n) is 3.37. The molecule has 0 saturated heterocycles. The minimum absolute atomic E-state index is 0.0149. The van der Waals surface area contributed by atoms with Gasteiger partial charge in [0.1, 0.15) is 0 Å². The van der Waals surface area contributed by atoms with Crippen LogP contribution < -0.4 is 0 Å². The van der Waals surface area contributed by atoms with Crippen molar-refractivity contribution in [3.05, 3.63) is 5.53 Å². The molecular formula is C8H14N2O2. The van der Waals surface area contributed by atoms with Crippen molar-refractivity contribution in [3.8, 4) is 0 Å². The first-order valence-corrected chi connectivity index (χ1v) is 3.86. The van der Waals surface area contributed by atoms with Crippen LogP contribution >= 0.6 is 0 Å². The lowest BCUT2D eigenvalue weighted by molar-refractivity contribution is -0.141. The first-order valence-electron chi connectivity index (χ1n) is 3.86. The summed E-state index contributed by atoms with van der Waals surface area (Å²) >= 11 is 0. The van der Waals surface area contributed by atoms with Gasteiger partial charge in [0.15, 0.2) is 0 Å². The van der Waals surface area contributed by atoms with Gasteiger partial charge in [-0.15, -0.1) is 0 Å². The molecule has 0 aromatic heterocycles. The number of nitrogens with zero attached hydrogens (tertiary/aromatic N) is 2. The van der Waals surface area contributed by atoms with Gasteiger partial charge in [0.05, 0.1) is 6.61 Å². The van der Waals surface area contributed by atoms with E-state index in [1.165, 1.54) is 0 Å². The molecule has 0 bridgehead atoms. The molecule has 0 N–H and O–H groups in total. The van der Waals surface area contributed by atoms with E-state index in [0.29, 0.717) is 6.61 Å². The van der Waals surface area contributed by atoms with Gasteiger partial charge in [0.25, 0.3) is 0 Å². The average molecular weight is 170 g/mol. The van der Waals surface area contributed by atoms with Crippen molar-refractivity contribution in [2.45, 2.75) is 27.2 Å². The maximum Gasteiger partial charge on any atom is 0.413 e. The van der Waals surface area contributed by atoms with Crippen LogP contribution in [0.3, 0.4) is 0 Å². The summed E-state index contributed by atoms with van der Waals surface area (Å²) in [5.41, 5.74) is 7.98. The normalized spacial score (nSPS) is 10.2. The van der Waals surface area contributed by atoms with Gasteiger partial charge >= 0.3 is 12.2 Å². The van der Waals surface area contributed by atoms with Crippen molar-refractivity contribution in [3.63, 3.8) is 0 Å². The molecule has 4 nitrogen and oxygen atoms in total. The fourth-order valence-electron chi connectivity index (χ4n) is 0.453. The third-order valence-electron chi connectivity index (χ3n) is 1.73. The van der Waals surface area contributed by atoms with Crippen LogP contribution in [0.4, 0.5) is 0 Å². The SMILES string of the molecule is CCC(C)(C)COC(=O)C=[N+]=[N-]. The summed E-state index contributed by atoms with van der Waals surface area (Å²) in [6.45, 7) is 6.36. The highest BCUT2D eigenvalue weighted by atomic mass is 16.5. The van der Waals surface area contributed by atoms with E-state index in [2.05, 4.69) is 4.79 Å². The summed E-state index contributed by atoms with van der Waals surface area (Å²) in [6.07, 6.45) is 1.67. The number of hydrogen-bond donors (Lipinski definition) is 0. The van der Waals surface area contributed by atoms with E-state index in [4.69, 9.17) is 10.3 Å². The quantitative estimate of drug-likeness (QED) is 0.276. The highest BCUT2D eigenvalue weighted by molar-refractivity contribution is 6.20. The van der Waals surface area contributed by atoms with Crippen LogP contribution in [0, 0.1) is 5.41 Å². The Morgan fingerprint density at radius 1 is 1.67 bits per heavy atom. The highest BCUT2D eigenvalue weighted by Gasteiger charge is 2.17. The monoisotopic (exact) mass is 170 g/mol. The van der Waals surface area contributed by atoms with Crippen LogP contribution in [0.25, 0.3) is 5.53 Å². The summed E-state index contributed by atoms with van der Waals surface area (Å²) in [5, 5.41) is 0. The summed E-state index contributed by atoms with van der Waals surface area (Å²) in [4.78, 5) is 13.2. The van der Waals surface area contributed by atoms with E-state index in [1.54, 1.807) is 0 Å². The molecule has 0 aliphatic rings. The van der Waals surface area contributed by atoms with Crippen molar-refractivity contribution >= 4 is 12.2 Å². The van der Waals surface area contributed by atoms with Gasteiger partial charge in [-0.05, 0) is 11.8 Å². The molecular weight excluding hydrogens is 156 g/mol. The fourth-order valence-corrected chi connectivity index (χ4v) is 0.453. The molecule has 0 unspecified atom stereocenters. The Balaban J connectivity index is 3.83. The molecule has 0 aromatic carbocycles. The van der Waals surface area contributed by atoms with E-state index >= 15 is 0 Å². The first kappa shape index (κ1) is 10.8. The standard InChI is InChI=1S/C8H14N2O2/c1-4-8(2,3)6-12-7(11)5-10-9/h5H,4,6H2,1-3H3. The molecule has 0 spiro atoms. The van der Waals surface area contributed by atoms with E-state index in [9.17, 15) is 4.79 Å². The topological polar surface area (TPSA) is 62.7 Å². The lowest BCUT2D eigenvalue weighted by atomic mass is 9.92. The Morgan fingerprint density at radius 2 is 2.25 bits per heavy atom. The Hall–Kier alpha value is -1.15. The molecule has 0 aromatic rings. The molecule has 0 radical (unpaired) electrons. The Kier molecular flexibility index (Phi) is 4.22. The number of esters is 1. The average Bonchev–Trinajstić information content (AvgIpc) is 2.02. The van der Waals surface area contributed by atoms with Crippen LogP contribution in [0.15, 0.2) is 0 Å². The summed E-state index contributed by atoms with van der Waals surface area (Å²) in [6, 6.07) is 0.